The number of alkyl halides is 1. The van der Waals surface area contributed by atoms with Crippen LogP contribution in [-0.4, -0.2) is 40.4 Å². The van der Waals surface area contributed by atoms with Gasteiger partial charge in [-0.05, 0) is 69.1 Å². The number of rotatable bonds is 24. The SMILES string of the molecule is CCCCCCCCCCCCCCC#CCOC(=O)CCC/C=C\C[C@@H]1[C@@H](/C=C/C[C@H](O)C2(CC)CCC2)[C@H](O)C[C@H]1Cl. The number of esters is 1. The Morgan fingerprint density at radius 3 is 2.20 bits per heavy atom. The van der Waals surface area contributed by atoms with Crippen LogP contribution in [0.2, 0.25) is 0 Å². The second kappa shape index (κ2) is 24.0. The summed E-state index contributed by atoms with van der Waals surface area (Å²) in [6.45, 7) is 4.64. The summed E-state index contributed by atoms with van der Waals surface area (Å²) in [5, 5.41) is 21.2. The summed E-state index contributed by atoms with van der Waals surface area (Å²) in [5.41, 5.74) is 0.0986. The number of carbonyl (C=O) groups is 1. The van der Waals surface area contributed by atoms with Gasteiger partial charge in [-0.1, -0.05) is 127 Å². The summed E-state index contributed by atoms with van der Waals surface area (Å²) in [7, 11) is 0. The van der Waals surface area contributed by atoms with Crippen LogP contribution in [0.1, 0.15) is 162 Å². The van der Waals surface area contributed by atoms with Gasteiger partial charge in [-0.15, -0.1) is 11.6 Å². The van der Waals surface area contributed by atoms with Crippen LogP contribution in [0.3, 0.4) is 0 Å². The monoisotopic (exact) mass is 632 g/mol. The van der Waals surface area contributed by atoms with Gasteiger partial charge in [-0.25, -0.2) is 0 Å². The Hall–Kier alpha value is -1.28. The molecule has 0 aromatic carbocycles. The Balaban J connectivity index is 1.48. The minimum atomic E-state index is -0.435. The molecule has 2 saturated carbocycles. The van der Waals surface area contributed by atoms with Crippen molar-refractivity contribution in [1.82, 2.24) is 0 Å². The number of halogens is 1. The highest BCUT2D eigenvalue weighted by atomic mass is 35.5. The molecule has 0 heterocycles. The number of carbonyl (C=O) groups excluding carboxylic acids is 1. The molecule has 0 saturated heterocycles. The maximum absolute atomic E-state index is 12.0. The van der Waals surface area contributed by atoms with Gasteiger partial charge in [0.05, 0.1) is 12.2 Å². The first-order chi connectivity index (χ1) is 21.4. The minimum absolute atomic E-state index is 0.0177. The van der Waals surface area contributed by atoms with Crippen LogP contribution in [0, 0.1) is 29.1 Å². The molecule has 5 heteroatoms. The third-order valence-electron chi connectivity index (χ3n) is 10.3. The van der Waals surface area contributed by atoms with Gasteiger partial charge in [-0.3, -0.25) is 4.79 Å². The maximum atomic E-state index is 12.0. The first-order valence-corrected chi connectivity index (χ1v) is 18.8. The summed E-state index contributed by atoms with van der Waals surface area (Å²) in [6.07, 6.45) is 33.2. The second-order valence-electron chi connectivity index (χ2n) is 13.6. The molecule has 2 fully saturated rings. The van der Waals surface area contributed by atoms with Crippen molar-refractivity contribution in [3.05, 3.63) is 24.3 Å². The second-order valence-corrected chi connectivity index (χ2v) is 14.1. The lowest BCUT2D eigenvalue weighted by molar-refractivity contribution is -0.142. The van der Waals surface area contributed by atoms with Crippen molar-refractivity contribution < 1.29 is 19.7 Å². The summed E-state index contributed by atoms with van der Waals surface area (Å²) >= 11 is 6.61. The van der Waals surface area contributed by atoms with Gasteiger partial charge in [0.25, 0.3) is 0 Å². The average Bonchev–Trinajstić information content (AvgIpc) is 3.25. The molecule has 5 atom stereocenters. The number of aliphatic hydroxyl groups excluding tert-OH is 2. The zero-order valence-electron chi connectivity index (χ0n) is 28.3. The molecular formula is C39H65ClO4. The van der Waals surface area contributed by atoms with E-state index in [1.165, 1.54) is 77.0 Å². The summed E-state index contributed by atoms with van der Waals surface area (Å²) in [5.74, 6) is 6.15. The molecule has 2 aliphatic rings. The lowest BCUT2D eigenvalue weighted by atomic mass is 9.63. The number of hydrogen-bond acceptors (Lipinski definition) is 4. The third kappa shape index (κ3) is 15.3. The summed E-state index contributed by atoms with van der Waals surface area (Å²) < 4.78 is 5.27. The van der Waals surface area contributed by atoms with Crippen LogP contribution in [0.25, 0.3) is 0 Å². The molecule has 0 aromatic heterocycles. The van der Waals surface area contributed by atoms with Gasteiger partial charge >= 0.3 is 5.97 Å². The molecule has 0 aromatic rings. The van der Waals surface area contributed by atoms with Crippen molar-refractivity contribution in [3.8, 4) is 11.8 Å². The van der Waals surface area contributed by atoms with E-state index >= 15 is 0 Å². The lowest BCUT2D eigenvalue weighted by Crippen LogP contribution is -2.40. The van der Waals surface area contributed by atoms with E-state index in [2.05, 4.69) is 50.0 Å². The fraction of sp³-hybridized carbons (Fsp3) is 0.821. The molecule has 2 aliphatic carbocycles. The van der Waals surface area contributed by atoms with Crippen LogP contribution >= 0.6 is 11.6 Å². The predicted octanol–water partition coefficient (Wildman–Crippen LogP) is 10.2. The smallest absolute Gasteiger partial charge is 0.306 e. The summed E-state index contributed by atoms with van der Waals surface area (Å²) in [4.78, 5) is 12.0. The van der Waals surface area contributed by atoms with E-state index in [9.17, 15) is 15.0 Å². The van der Waals surface area contributed by atoms with E-state index in [0.29, 0.717) is 19.3 Å². The summed E-state index contributed by atoms with van der Waals surface area (Å²) in [6, 6.07) is 0. The molecule has 2 N–H and O–H groups in total. The normalized spacial score (nSPS) is 23.5. The Kier molecular flexibility index (Phi) is 21.2. The topological polar surface area (TPSA) is 66.8 Å². The van der Waals surface area contributed by atoms with E-state index in [1.807, 2.05) is 0 Å². The molecule has 0 unspecified atom stereocenters. The molecule has 44 heavy (non-hydrogen) atoms. The van der Waals surface area contributed by atoms with Crippen LogP contribution in [-0.2, 0) is 9.53 Å². The van der Waals surface area contributed by atoms with Crippen LogP contribution in [0.5, 0.6) is 0 Å². The highest BCUT2D eigenvalue weighted by Gasteiger charge is 2.42. The largest absolute Gasteiger partial charge is 0.452 e. The van der Waals surface area contributed by atoms with E-state index in [1.54, 1.807) is 0 Å². The minimum Gasteiger partial charge on any atom is -0.452 e. The fourth-order valence-electron chi connectivity index (χ4n) is 6.95. The highest BCUT2D eigenvalue weighted by Crippen LogP contribution is 2.48. The van der Waals surface area contributed by atoms with Crippen molar-refractivity contribution in [2.75, 3.05) is 6.61 Å². The predicted molar refractivity (Wildman–Crippen MR) is 186 cm³/mol. The highest BCUT2D eigenvalue weighted by molar-refractivity contribution is 6.21. The van der Waals surface area contributed by atoms with Crippen molar-refractivity contribution in [2.45, 2.75) is 179 Å². The van der Waals surface area contributed by atoms with Gasteiger partial charge in [0, 0.05) is 24.1 Å². The van der Waals surface area contributed by atoms with Crippen LogP contribution in [0.4, 0.5) is 0 Å². The van der Waals surface area contributed by atoms with E-state index < -0.39 is 6.10 Å². The van der Waals surface area contributed by atoms with Crippen LogP contribution < -0.4 is 0 Å². The van der Waals surface area contributed by atoms with Gasteiger partial charge in [0.2, 0.25) is 0 Å². The standard InChI is InChI=1S/C39H65ClO4/c1-3-5-6-7-8-9-10-11-12-13-14-15-16-19-22-31-44-38(43)28-21-18-17-20-25-33-34(36(41)32-35(33)40)26-23-27-37(42)39(4-2)29-24-30-39/h17,20,23,26,33-37,41-42H,3-16,18,21,24-25,27-32H2,1-2H3/b20-17-,26-23+/t33-,34-,35-,36-,37+/m1/s1. The molecule has 4 nitrogen and oxygen atoms in total. The molecule has 0 bridgehead atoms. The Labute approximate surface area is 275 Å². The number of ether oxygens (including phenoxy) is 1. The molecule has 0 aliphatic heterocycles. The van der Waals surface area contributed by atoms with E-state index in [4.69, 9.17) is 16.3 Å². The van der Waals surface area contributed by atoms with Crippen molar-refractivity contribution in [1.29, 1.82) is 0 Å². The molecule has 2 rings (SSSR count). The van der Waals surface area contributed by atoms with Crippen molar-refractivity contribution in [2.24, 2.45) is 17.3 Å². The number of unbranched alkanes of at least 4 members (excludes halogenated alkanes) is 13. The first-order valence-electron chi connectivity index (χ1n) is 18.4. The average molecular weight is 633 g/mol. The molecular weight excluding hydrogens is 568 g/mol. The zero-order valence-corrected chi connectivity index (χ0v) is 29.0. The number of hydrogen-bond donors (Lipinski definition) is 2. The van der Waals surface area contributed by atoms with E-state index in [-0.39, 0.29) is 41.3 Å². The van der Waals surface area contributed by atoms with Crippen LogP contribution in [0.15, 0.2) is 24.3 Å². The zero-order chi connectivity index (χ0) is 31.9. The van der Waals surface area contributed by atoms with Gasteiger partial charge in [-0.2, -0.15) is 0 Å². The molecule has 0 spiro atoms. The van der Waals surface area contributed by atoms with Crippen molar-refractivity contribution >= 4 is 17.6 Å². The Morgan fingerprint density at radius 2 is 1.59 bits per heavy atom. The molecule has 252 valence electrons. The fourth-order valence-corrected chi connectivity index (χ4v) is 7.40. The van der Waals surface area contributed by atoms with Gasteiger partial charge in [0.1, 0.15) is 0 Å². The Morgan fingerprint density at radius 1 is 0.932 bits per heavy atom. The first kappa shape index (κ1) is 38.9. The molecule has 0 amide bonds. The number of allylic oxidation sites excluding steroid dienone is 2. The third-order valence-corrected chi connectivity index (χ3v) is 10.8. The van der Waals surface area contributed by atoms with E-state index in [0.717, 1.165) is 51.4 Å². The maximum Gasteiger partial charge on any atom is 0.306 e. The number of aliphatic hydroxyl groups is 2. The van der Waals surface area contributed by atoms with Crippen molar-refractivity contribution in [3.63, 3.8) is 0 Å². The molecule has 0 radical (unpaired) electrons. The Bertz CT molecular complexity index is 862. The van der Waals surface area contributed by atoms with Gasteiger partial charge < -0.3 is 14.9 Å². The lowest BCUT2D eigenvalue weighted by Gasteiger charge is -2.45. The quantitative estimate of drug-likeness (QED) is 0.0365. The van der Waals surface area contributed by atoms with Gasteiger partial charge in [0.15, 0.2) is 6.61 Å².